The highest BCUT2D eigenvalue weighted by Gasteiger charge is 2.48. The van der Waals surface area contributed by atoms with Gasteiger partial charge in [-0.1, -0.05) is 0 Å². The lowest BCUT2D eigenvalue weighted by Crippen LogP contribution is -2.29. The minimum atomic E-state index is -0.968. The molecule has 1 fully saturated rings. The van der Waals surface area contributed by atoms with E-state index in [2.05, 4.69) is 0 Å². The van der Waals surface area contributed by atoms with E-state index >= 15 is 0 Å². The van der Waals surface area contributed by atoms with Crippen molar-refractivity contribution in [1.82, 2.24) is 0 Å². The first kappa shape index (κ1) is 22.0. The average molecular weight is 449 g/mol. The van der Waals surface area contributed by atoms with E-state index in [1.54, 1.807) is 54.6 Å². The highest BCUT2D eigenvalue weighted by Crippen LogP contribution is 2.44. The van der Waals surface area contributed by atoms with Crippen LogP contribution in [0.5, 0.6) is 17.2 Å². The van der Waals surface area contributed by atoms with Crippen molar-refractivity contribution in [3.8, 4) is 17.2 Å². The van der Waals surface area contributed by atoms with Gasteiger partial charge in [-0.2, -0.15) is 0 Å². The van der Waals surface area contributed by atoms with Gasteiger partial charge >= 0.3 is 0 Å². The molecule has 8 nitrogen and oxygen atoms in total. The summed E-state index contributed by atoms with van der Waals surface area (Å²) in [7, 11) is 2.95. The molecule has 33 heavy (non-hydrogen) atoms. The third-order valence-corrected chi connectivity index (χ3v) is 5.35. The van der Waals surface area contributed by atoms with Crippen molar-refractivity contribution >= 4 is 23.1 Å². The summed E-state index contributed by atoms with van der Waals surface area (Å²) >= 11 is 0. The fraction of sp³-hybridized carbons (Fsp3) is 0.200. The van der Waals surface area contributed by atoms with Crippen LogP contribution in [0, 0.1) is 0 Å². The molecule has 1 saturated heterocycles. The number of benzene rings is 2. The molecule has 1 atom stereocenters. The summed E-state index contributed by atoms with van der Waals surface area (Å²) < 4.78 is 21.6. The number of ketones is 1. The summed E-state index contributed by atoms with van der Waals surface area (Å²) in [5.74, 6) is -0.219. The molecule has 3 aromatic rings. The van der Waals surface area contributed by atoms with Gasteiger partial charge in [0, 0.05) is 11.8 Å². The predicted octanol–water partition coefficient (Wildman–Crippen LogP) is 4.32. The van der Waals surface area contributed by atoms with Crippen LogP contribution in [0.2, 0.25) is 0 Å². The lowest BCUT2D eigenvalue weighted by molar-refractivity contribution is -0.132. The molecule has 0 radical (unpaired) electrons. The largest absolute Gasteiger partial charge is 0.507 e. The average Bonchev–Trinajstić information content (AvgIpc) is 3.46. The number of ether oxygens (including phenoxy) is 3. The smallest absolute Gasteiger partial charge is 0.300 e. The molecule has 1 N–H and O–H groups in total. The van der Waals surface area contributed by atoms with Crippen molar-refractivity contribution < 1.29 is 33.3 Å². The monoisotopic (exact) mass is 449 g/mol. The first-order chi connectivity index (χ1) is 16.0. The number of aliphatic hydroxyl groups is 1. The maximum atomic E-state index is 13.2. The van der Waals surface area contributed by atoms with Crippen LogP contribution >= 0.6 is 0 Å². The molecule has 1 aromatic heterocycles. The van der Waals surface area contributed by atoms with E-state index in [1.807, 2.05) is 6.92 Å². The predicted molar refractivity (Wildman–Crippen MR) is 121 cm³/mol. The molecule has 1 aliphatic heterocycles. The van der Waals surface area contributed by atoms with E-state index in [0.29, 0.717) is 29.6 Å². The molecule has 0 bridgehead atoms. The van der Waals surface area contributed by atoms with Crippen molar-refractivity contribution in [3.05, 3.63) is 77.8 Å². The van der Waals surface area contributed by atoms with Gasteiger partial charge in [0.15, 0.2) is 0 Å². The second-order valence-corrected chi connectivity index (χ2v) is 7.18. The summed E-state index contributed by atoms with van der Waals surface area (Å²) in [6.45, 7) is 2.37. The Kier molecular flexibility index (Phi) is 6.08. The van der Waals surface area contributed by atoms with E-state index in [0.717, 1.165) is 0 Å². The van der Waals surface area contributed by atoms with Crippen LogP contribution in [0.4, 0.5) is 5.69 Å². The van der Waals surface area contributed by atoms with Gasteiger partial charge in [-0.3, -0.25) is 14.5 Å². The Labute approximate surface area is 190 Å². The van der Waals surface area contributed by atoms with Gasteiger partial charge in [-0.05, 0) is 55.5 Å². The fourth-order valence-electron chi connectivity index (χ4n) is 3.82. The van der Waals surface area contributed by atoms with Gasteiger partial charge in [0.05, 0.1) is 38.2 Å². The minimum absolute atomic E-state index is 0.104. The number of aliphatic hydroxyl groups excluding tert-OH is 1. The molecule has 2 aromatic carbocycles. The zero-order chi connectivity index (χ0) is 23.5. The summed E-state index contributed by atoms with van der Waals surface area (Å²) in [5.41, 5.74) is 0.606. The quantitative estimate of drug-likeness (QED) is 0.326. The first-order valence-corrected chi connectivity index (χ1v) is 10.3. The van der Waals surface area contributed by atoms with Crippen molar-refractivity contribution in [2.24, 2.45) is 0 Å². The molecular formula is C25H23NO7. The van der Waals surface area contributed by atoms with E-state index in [-0.39, 0.29) is 22.6 Å². The van der Waals surface area contributed by atoms with Gasteiger partial charge in [-0.15, -0.1) is 0 Å². The van der Waals surface area contributed by atoms with E-state index in [9.17, 15) is 14.7 Å². The summed E-state index contributed by atoms with van der Waals surface area (Å²) in [6, 6.07) is 13.9. The van der Waals surface area contributed by atoms with Crippen LogP contribution in [0.1, 0.15) is 24.3 Å². The molecule has 1 unspecified atom stereocenters. The number of amides is 1. The minimum Gasteiger partial charge on any atom is -0.507 e. The Balaban J connectivity index is 1.87. The zero-order valence-electron chi connectivity index (χ0n) is 18.4. The second kappa shape index (κ2) is 9.12. The molecular weight excluding hydrogens is 426 g/mol. The highest BCUT2D eigenvalue weighted by atomic mass is 16.5. The normalized spacial score (nSPS) is 17.3. The number of anilines is 1. The van der Waals surface area contributed by atoms with Crippen LogP contribution in [-0.4, -0.2) is 37.6 Å². The van der Waals surface area contributed by atoms with Crippen molar-refractivity contribution in [2.75, 3.05) is 25.7 Å². The van der Waals surface area contributed by atoms with Crippen molar-refractivity contribution in [3.63, 3.8) is 0 Å². The van der Waals surface area contributed by atoms with Crippen molar-refractivity contribution in [2.45, 2.75) is 13.0 Å². The van der Waals surface area contributed by atoms with Gasteiger partial charge in [-0.25, -0.2) is 0 Å². The molecule has 2 heterocycles. The van der Waals surface area contributed by atoms with E-state index in [1.165, 1.54) is 25.4 Å². The van der Waals surface area contributed by atoms with Crippen LogP contribution in [-0.2, 0) is 9.59 Å². The van der Waals surface area contributed by atoms with E-state index < -0.39 is 17.7 Å². The fourth-order valence-corrected chi connectivity index (χ4v) is 3.82. The number of carbonyl (C=O) groups is 2. The lowest BCUT2D eigenvalue weighted by atomic mass is 9.98. The molecule has 1 amide bonds. The maximum absolute atomic E-state index is 13.2. The first-order valence-electron chi connectivity index (χ1n) is 10.3. The Morgan fingerprint density at radius 1 is 1.03 bits per heavy atom. The summed E-state index contributed by atoms with van der Waals surface area (Å²) in [4.78, 5) is 27.6. The Morgan fingerprint density at radius 3 is 2.36 bits per heavy atom. The number of nitrogens with zero attached hydrogens (tertiary/aromatic N) is 1. The van der Waals surface area contributed by atoms with Crippen molar-refractivity contribution in [1.29, 1.82) is 0 Å². The van der Waals surface area contributed by atoms with Gasteiger partial charge in [0.2, 0.25) is 0 Å². The van der Waals surface area contributed by atoms with Crippen LogP contribution in [0.15, 0.2) is 70.9 Å². The third kappa shape index (κ3) is 3.91. The standard InChI is InChI=1S/C25H23NO7/c1-4-32-16-9-7-15(8-10-16)26-22(19-6-5-13-33-19)21(24(28)25(26)29)23(27)18-12-11-17(30-2)14-20(18)31-3/h5-14,22,27H,4H2,1-3H3/b23-21-. The molecule has 170 valence electrons. The topological polar surface area (TPSA) is 98.4 Å². The molecule has 0 spiro atoms. The lowest BCUT2D eigenvalue weighted by Gasteiger charge is -2.23. The van der Waals surface area contributed by atoms with Gasteiger partial charge < -0.3 is 23.7 Å². The van der Waals surface area contributed by atoms with Gasteiger partial charge in [0.1, 0.15) is 34.8 Å². The highest BCUT2D eigenvalue weighted by molar-refractivity contribution is 6.51. The van der Waals surface area contributed by atoms with Crippen LogP contribution in [0.25, 0.3) is 5.76 Å². The number of rotatable bonds is 7. The Hall–Kier alpha value is -4.20. The number of hydrogen-bond donors (Lipinski definition) is 1. The molecule has 0 saturated carbocycles. The SMILES string of the molecule is CCOc1ccc(N2C(=O)C(=O)/C(=C(\O)c3ccc(OC)cc3OC)C2c2ccco2)cc1. The Bertz CT molecular complexity index is 1200. The maximum Gasteiger partial charge on any atom is 0.300 e. The zero-order valence-corrected chi connectivity index (χ0v) is 18.4. The second-order valence-electron chi connectivity index (χ2n) is 7.18. The van der Waals surface area contributed by atoms with Gasteiger partial charge in [0.25, 0.3) is 11.7 Å². The molecule has 4 rings (SSSR count). The van der Waals surface area contributed by atoms with E-state index in [4.69, 9.17) is 18.6 Å². The van der Waals surface area contributed by atoms with Crippen LogP contribution < -0.4 is 19.1 Å². The number of furan rings is 1. The Morgan fingerprint density at radius 2 is 1.76 bits per heavy atom. The summed E-state index contributed by atoms with van der Waals surface area (Å²) in [5, 5.41) is 11.2. The molecule has 1 aliphatic rings. The molecule has 0 aliphatic carbocycles. The summed E-state index contributed by atoms with van der Waals surface area (Å²) in [6.07, 6.45) is 1.45. The number of carbonyl (C=O) groups excluding carboxylic acids is 2. The van der Waals surface area contributed by atoms with Crippen LogP contribution in [0.3, 0.4) is 0 Å². The molecule has 8 heteroatoms. The number of Topliss-reactive ketones (excluding diaryl/α,β-unsaturated/α-hetero) is 1. The number of methoxy groups -OCH3 is 2. The third-order valence-electron chi connectivity index (χ3n) is 5.35. The number of hydrogen-bond acceptors (Lipinski definition) is 7.